The van der Waals surface area contributed by atoms with Crippen molar-refractivity contribution in [3.05, 3.63) is 41.7 Å². The molecule has 0 bridgehead atoms. The van der Waals surface area contributed by atoms with Gasteiger partial charge in [0.25, 0.3) is 0 Å². The van der Waals surface area contributed by atoms with Crippen molar-refractivity contribution in [1.29, 1.82) is 5.26 Å². The minimum absolute atomic E-state index is 0.195. The van der Waals surface area contributed by atoms with Crippen LogP contribution < -0.4 is 14.7 Å². The zero-order valence-corrected chi connectivity index (χ0v) is 16.9. The molecule has 9 heteroatoms. The van der Waals surface area contributed by atoms with Crippen LogP contribution in [-0.2, 0) is 0 Å². The number of aromatic nitrogens is 2. The predicted molar refractivity (Wildman–Crippen MR) is 113 cm³/mol. The number of anilines is 3. The highest BCUT2D eigenvalue weighted by Gasteiger charge is 2.21. The minimum atomic E-state index is -0.384. The molecule has 158 valence electrons. The van der Waals surface area contributed by atoms with Crippen LogP contribution in [0.15, 0.2) is 30.3 Å². The number of benzene rings is 1. The molecule has 0 aliphatic carbocycles. The van der Waals surface area contributed by atoms with Crippen LogP contribution in [0, 0.1) is 17.1 Å². The first-order valence-corrected chi connectivity index (χ1v) is 10.3. The molecular formula is C21H26FN7O. The van der Waals surface area contributed by atoms with Crippen molar-refractivity contribution < 1.29 is 9.50 Å². The van der Waals surface area contributed by atoms with Gasteiger partial charge < -0.3 is 19.8 Å². The molecule has 0 amide bonds. The van der Waals surface area contributed by atoms with Crippen molar-refractivity contribution in [3.63, 3.8) is 0 Å². The Kier molecular flexibility index (Phi) is 6.26. The lowest BCUT2D eigenvalue weighted by Crippen LogP contribution is -2.48. The third-order valence-corrected chi connectivity index (χ3v) is 5.73. The Morgan fingerprint density at radius 2 is 1.43 bits per heavy atom. The summed E-state index contributed by atoms with van der Waals surface area (Å²) in [6.07, 6.45) is 0. The number of nitriles is 1. The lowest BCUT2D eigenvalue weighted by atomic mass is 10.1. The number of β-amino-alcohol motifs (C(OH)–C–C–N with tert-alkyl or cyclic N) is 1. The molecule has 1 aromatic carbocycles. The lowest BCUT2D eigenvalue weighted by Gasteiger charge is -2.37. The van der Waals surface area contributed by atoms with Crippen molar-refractivity contribution in [3.8, 4) is 6.07 Å². The molecule has 0 unspecified atom stereocenters. The molecule has 2 saturated heterocycles. The van der Waals surface area contributed by atoms with E-state index in [1.165, 1.54) is 12.1 Å². The van der Waals surface area contributed by atoms with Crippen molar-refractivity contribution in [2.24, 2.45) is 0 Å². The van der Waals surface area contributed by atoms with Gasteiger partial charge in [-0.3, -0.25) is 4.90 Å². The van der Waals surface area contributed by atoms with Crippen molar-refractivity contribution in [2.75, 3.05) is 80.2 Å². The fraction of sp³-hybridized carbons (Fsp3) is 0.476. The third kappa shape index (κ3) is 4.61. The van der Waals surface area contributed by atoms with Gasteiger partial charge in [0.1, 0.15) is 5.82 Å². The maximum atomic E-state index is 13.7. The maximum absolute atomic E-state index is 13.7. The van der Waals surface area contributed by atoms with Gasteiger partial charge in [-0.1, -0.05) is 0 Å². The molecule has 3 heterocycles. The number of halogens is 1. The van der Waals surface area contributed by atoms with E-state index in [0.29, 0.717) is 5.56 Å². The second kappa shape index (κ2) is 9.24. The molecule has 2 aromatic rings. The van der Waals surface area contributed by atoms with E-state index in [1.54, 1.807) is 6.07 Å². The van der Waals surface area contributed by atoms with E-state index < -0.39 is 0 Å². The summed E-state index contributed by atoms with van der Waals surface area (Å²) in [4.78, 5) is 8.74. The Morgan fingerprint density at radius 3 is 1.97 bits per heavy atom. The van der Waals surface area contributed by atoms with E-state index in [1.807, 2.05) is 18.2 Å². The number of nitrogens with zero attached hydrogens (tertiary/aromatic N) is 7. The van der Waals surface area contributed by atoms with Crippen molar-refractivity contribution in [2.45, 2.75) is 0 Å². The standard InChI is InChI=1S/C21H26FN7O/c22-18-13-17(16-23)14-19(15-18)27-7-9-29(10-8-27)21-2-1-20(24-25-21)28-5-3-26(4-6-28)11-12-30/h1-2,13-15,30H,3-12H2. The molecular weight excluding hydrogens is 385 g/mol. The largest absolute Gasteiger partial charge is 0.395 e. The molecule has 1 aromatic heterocycles. The summed E-state index contributed by atoms with van der Waals surface area (Å²) >= 11 is 0. The van der Waals surface area contributed by atoms with Crippen LogP contribution in [0.2, 0.25) is 0 Å². The van der Waals surface area contributed by atoms with Crippen LogP contribution in [0.5, 0.6) is 0 Å². The van der Waals surface area contributed by atoms with Gasteiger partial charge in [0.2, 0.25) is 0 Å². The normalized spacial score (nSPS) is 17.8. The van der Waals surface area contributed by atoms with Gasteiger partial charge in [0.05, 0.1) is 18.2 Å². The van der Waals surface area contributed by atoms with Gasteiger partial charge in [-0.2, -0.15) is 5.26 Å². The smallest absolute Gasteiger partial charge is 0.151 e. The second-order valence-electron chi connectivity index (χ2n) is 7.59. The molecule has 2 aliphatic rings. The fourth-order valence-corrected chi connectivity index (χ4v) is 4.01. The molecule has 30 heavy (non-hydrogen) atoms. The number of hydrogen-bond acceptors (Lipinski definition) is 8. The molecule has 0 atom stereocenters. The van der Waals surface area contributed by atoms with Crippen LogP contribution >= 0.6 is 0 Å². The van der Waals surface area contributed by atoms with Crippen LogP contribution in [0.1, 0.15) is 5.56 Å². The van der Waals surface area contributed by atoms with Gasteiger partial charge in [-0.25, -0.2) is 4.39 Å². The van der Waals surface area contributed by atoms with Crippen LogP contribution in [0.25, 0.3) is 0 Å². The highest BCUT2D eigenvalue weighted by molar-refractivity contribution is 5.54. The van der Waals surface area contributed by atoms with E-state index in [2.05, 4.69) is 29.8 Å². The molecule has 0 saturated carbocycles. The quantitative estimate of drug-likeness (QED) is 0.778. The Bertz CT molecular complexity index is 885. The summed E-state index contributed by atoms with van der Waals surface area (Å²) in [5.74, 6) is 1.34. The maximum Gasteiger partial charge on any atom is 0.151 e. The first kappa shape index (κ1) is 20.3. The fourth-order valence-electron chi connectivity index (χ4n) is 4.01. The zero-order valence-electron chi connectivity index (χ0n) is 16.9. The molecule has 8 nitrogen and oxygen atoms in total. The molecule has 0 radical (unpaired) electrons. The number of aliphatic hydroxyl groups is 1. The molecule has 2 aliphatic heterocycles. The Morgan fingerprint density at radius 1 is 0.867 bits per heavy atom. The summed E-state index contributed by atoms with van der Waals surface area (Å²) < 4.78 is 13.7. The zero-order chi connectivity index (χ0) is 20.9. The summed E-state index contributed by atoms with van der Waals surface area (Å²) in [6.45, 7) is 7.47. The average Bonchev–Trinajstić information content (AvgIpc) is 2.80. The van der Waals surface area contributed by atoms with Gasteiger partial charge in [-0.15, -0.1) is 10.2 Å². The van der Waals surface area contributed by atoms with Crippen LogP contribution in [0.4, 0.5) is 21.7 Å². The van der Waals surface area contributed by atoms with Gasteiger partial charge in [-0.05, 0) is 30.3 Å². The van der Waals surface area contributed by atoms with E-state index in [-0.39, 0.29) is 12.4 Å². The van der Waals surface area contributed by atoms with Crippen molar-refractivity contribution in [1.82, 2.24) is 15.1 Å². The average molecular weight is 411 g/mol. The summed E-state index contributed by atoms with van der Waals surface area (Å²) in [5.41, 5.74) is 1.08. The topological polar surface area (TPSA) is 82.8 Å². The molecule has 2 fully saturated rings. The number of rotatable bonds is 5. The van der Waals surface area contributed by atoms with E-state index in [0.717, 1.165) is 76.2 Å². The van der Waals surface area contributed by atoms with E-state index in [4.69, 9.17) is 10.4 Å². The number of hydrogen-bond donors (Lipinski definition) is 1. The van der Waals surface area contributed by atoms with Crippen molar-refractivity contribution >= 4 is 17.3 Å². The highest BCUT2D eigenvalue weighted by atomic mass is 19.1. The summed E-state index contributed by atoms with van der Waals surface area (Å²) in [5, 5.41) is 27.0. The monoisotopic (exact) mass is 411 g/mol. The predicted octanol–water partition coefficient (Wildman–Crippen LogP) is 0.928. The number of aliphatic hydroxyl groups excluding tert-OH is 1. The summed E-state index contributed by atoms with van der Waals surface area (Å²) in [7, 11) is 0. The first-order chi connectivity index (χ1) is 14.7. The van der Waals surface area contributed by atoms with Gasteiger partial charge in [0, 0.05) is 64.6 Å². The van der Waals surface area contributed by atoms with Crippen LogP contribution in [0.3, 0.4) is 0 Å². The second-order valence-corrected chi connectivity index (χ2v) is 7.59. The van der Waals surface area contributed by atoms with Gasteiger partial charge in [0.15, 0.2) is 11.6 Å². The minimum Gasteiger partial charge on any atom is -0.395 e. The van der Waals surface area contributed by atoms with E-state index >= 15 is 0 Å². The third-order valence-electron chi connectivity index (χ3n) is 5.73. The molecule has 4 rings (SSSR count). The number of piperazine rings is 2. The highest BCUT2D eigenvalue weighted by Crippen LogP contribution is 2.22. The summed E-state index contributed by atoms with van der Waals surface area (Å²) in [6, 6.07) is 10.5. The SMILES string of the molecule is N#Cc1cc(F)cc(N2CCN(c3ccc(N4CCN(CCO)CC4)nn3)CC2)c1. The van der Waals surface area contributed by atoms with Gasteiger partial charge >= 0.3 is 0 Å². The lowest BCUT2D eigenvalue weighted by molar-refractivity contribution is 0.188. The Balaban J connectivity index is 1.33. The first-order valence-electron chi connectivity index (χ1n) is 10.3. The van der Waals surface area contributed by atoms with E-state index in [9.17, 15) is 4.39 Å². The Labute approximate surface area is 175 Å². The Hall–Kier alpha value is -2.96. The molecule has 1 N–H and O–H groups in total. The van der Waals surface area contributed by atoms with Crippen LogP contribution in [-0.4, -0.2) is 85.7 Å². The molecule has 0 spiro atoms.